The first kappa shape index (κ1) is 11.8. The molecule has 0 aromatic heterocycles. The molecule has 0 atom stereocenters. The Morgan fingerprint density at radius 1 is 1.33 bits per heavy atom. The van der Waals surface area contributed by atoms with Crippen molar-refractivity contribution in [1.82, 2.24) is 5.48 Å². The topological polar surface area (TPSA) is 30.5 Å². The normalized spacial score (nSPS) is 10.0. The third-order valence-corrected chi connectivity index (χ3v) is 1.83. The molecule has 15 heavy (non-hydrogen) atoms. The van der Waals surface area contributed by atoms with Gasteiger partial charge >= 0.3 is 0 Å². The van der Waals surface area contributed by atoms with Gasteiger partial charge in [0, 0.05) is 6.54 Å². The first-order valence-electron chi connectivity index (χ1n) is 4.84. The lowest BCUT2D eigenvalue weighted by molar-refractivity contribution is 0.0867. The molecule has 0 radical (unpaired) electrons. The third kappa shape index (κ3) is 4.63. The Bertz CT molecular complexity index is 306. The van der Waals surface area contributed by atoms with E-state index < -0.39 is 0 Å². The average Bonchev–Trinajstić information content (AvgIpc) is 2.25. The van der Waals surface area contributed by atoms with Crippen LogP contribution < -0.4 is 10.2 Å². The molecular weight excluding hydrogens is 190 g/mol. The van der Waals surface area contributed by atoms with Crippen LogP contribution in [0.4, 0.5) is 0 Å². The molecule has 1 N–H and O–H groups in total. The zero-order valence-electron chi connectivity index (χ0n) is 9.25. The second kappa shape index (κ2) is 6.22. The van der Waals surface area contributed by atoms with Crippen LogP contribution in [0.15, 0.2) is 36.4 Å². The highest BCUT2D eigenvalue weighted by molar-refractivity contribution is 5.27. The van der Waals surface area contributed by atoms with Crippen molar-refractivity contribution in [3.05, 3.63) is 42.0 Å². The molecular formula is C12H17NO2. The fourth-order valence-corrected chi connectivity index (χ4v) is 1.07. The van der Waals surface area contributed by atoms with Crippen LogP contribution in [0, 0.1) is 0 Å². The molecule has 0 saturated heterocycles. The number of nitrogens with one attached hydrogen (secondary N) is 1. The van der Waals surface area contributed by atoms with Gasteiger partial charge < -0.3 is 9.57 Å². The van der Waals surface area contributed by atoms with Crippen LogP contribution in [-0.2, 0) is 11.4 Å². The van der Waals surface area contributed by atoms with Crippen molar-refractivity contribution in [2.45, 2.75) is 13.5 Å². The Kier molecular flexibility index (Phi) is 4.87. The molecule has 0 fully saturated rings. The predicted octanol–water partition coefficient (Wildman–Crippen LogP) is 2.29. The van der Waals surface area contributed by atoms with Gasteiger partial charge in [0.2, 0.25) is 0 Å². The van der Waals surface area contributed by atoms with Crippen LogP contribution in [0.25, 0.3) is 0 Å². The van der Waals surface area contributed by atoms with Gasteiger partial charge in [-0.3, -0.25) is 0 Å². The Labute approximate surface area is 90.7 Å². The van der Waals surface area contributed by atoms with Crippen molar-refractivity contribution >= 4 is 0 Å². The molecule has 0 heterocycles. The minimum Gasteiger partial charge on any atom is -0.489 e. The summed E-state index contributed by atoms with van der Waals surface area (Å²) in [6, 6.07) is 7.88. The van der Waals surface area contributed by atoms with E-state index in [0.29, 0.717) is 13.2 Å². The van der Waals surface area contributed by atoms with Gasteiger partial charge in [0.25, 0.3) is 0 Å². The van der Waals surface area contributed by atoms with Gasteiger partial charge in [0.1, 0.15) is 12.4 Å². The van der Waals surface area contributed by atoms with E-state index in [9.17, 15) is 0 Å². The number of hydrogen-bond donors (Lipinski definition) is 1. The van der Waals surface area contributed by atoms with Crippen molar-refractivity contribution < 1.29 is 9.57 Å². The summed E-state index contributed by atoms with van der Waals surface area (Å²) in [5.74, 6) is 0.860. The van der Waals surface area contributed by atoms with E-state index in [1.807, 2.05) is 31.2 Å². The molecule has 0 spiro atoms. The van der Waals surface area contributed by atoms with Gasteiger partial charge in [-0.1, -0.05) is 18.7 Å². The van der Waals surface area contributed by atoms with Crippen molar-refractivity contribution in [3.8, 4) is 5.75 Å². The SMILES string of the molecule is C=C(C)COc1ccc(CNOC)cc1. The van der Waals surface area contributed by atoms with Gasteiger partial charge in [-0.25, -0.2) is 0 Å². The minimum atomic E-state index is 0.565. The lowest BCUT2D eigenvalue weighted by Gasteiger charge is -2.07. The van der Waals surface area contributed by atoms with Crippen LogP contribution in [0.5, 0.6) is 5.75 Å². The monoisotopic (exact) mass is 207 g/mol. The lowest BCUT2D eigenvalue weighted by atomic mass is 10.2. The Balaban J connectivity index is 2.45. The Morgan fingerprint density at radius 3 is 2.53 bits per heavy atom. The summed E-state index contributed by atoms with van der Waals surface area (Å²) < 4.78 is 5.48. The standard InChI is InChI=1S/C12H17NO2/c1-10(2)9-15-12-6-4-11(5-7-12)8-13-14-3/h4-7,13H,1,8-9H2,2-3H3. The number of benzene rings is 1. The minimum absolute atomic E-state index is 0.565. The van der Waals surface area contributed by atoms with Gasteiger partial charge in [-0.05, 0) is 30.2 Å². The fourth-order valence-electron chi connectivity index (χ4n) is 1.07. The van der Waals surface area contributed by atoms with E-state index in [1.165, 1.54) is 0 Å². The molecule has 0 amide bonds. The smallest absolute Gasteiger partial charge is 0.119 e. The first-order chi connectivity index (χ1) is 7.22. The average molecular weight is 207 g/mol. The fraction of sp³-hybridized carbons (Fsp3) is 0.333. The molecule has 0 bridgehead atoms. The molecule has 1 aromatic rings. The van der Waals surface area contributed by atoms with E-state index in [-0.39, 0.29) is 0 Å². The molecule has 0 aliphatic carbocycles. The highest BCUT2D eigenvalue weighted by Gasteiger charge is 1.95. The molecule has 3 nitrogen and oxygen atoms in total. The Morgan fingerprint density at radius 2 is 2.00 bits per heavy atom. The first-order valence-corrected chi connectivity index (χ1v) is 4.84. The van der Waals surface area contributed by atoms with Crippen LogP contribution in [-0.4, -0.2) is 13.7 Å². The van der Waals surface area contributed by atoms with Gasteiger partial charge in [0.05, 0.1) is 7.11 Å². The number of ether oxygens (including phenoxy) is 1. The van der Waals surface area contributed by atoms with Crippen molar-refractivity contribution in [2.24, 2.45) is 0 Å². The van der Waals surface area contributed by atoms with E-state index in [4.69, 9.17) is 9.57 Å². The zero-order valence-corrected chi connectivity index (χ0v) is 9.25. The Hall–Kier alpha value is -1.32. The summed E-state index contributed by atoms with van der Waals surface area (Å²) in [5, 5.41) is 0. The molecule has 1 aromatic carbocycles. The molecule has 0 aliphatic rings. The largest absolute Gasteiger partial charge is 0.489 e. The summed E-state index contributed by atoms with van der Waals surface area (Å²) in [4.78, 5) is 4.76. The van der Waals surface area contributed by atoms with E-state index in [2.05, 4.69) is 12.1 Å². The maximum absolute atomic E-state index is 5.48. The van der Waals surface area contributed by atoms with Crippen LogP contribution in [0.1, 0.15) is 12.5 Å². The summed E-state index contributed by atoms with van der Waals surface area (Å²) in [7, 11) is 1.60. The maximum Gasteiger partial charge on any atom is 0.119 e. The summed E-state index contributed by atoms with van der Waals surface area (Å²) in [6.07, 6.45) is 0. The summed E-state index contributed by atoms with van der Waals surface area (Å²) >= 11 is 0. The van der Waals surface area contributed by atoms with Crippen molar-refractivity contribution in [2.75, 3.05) is 13.7 Å². The third-order valence-electron chi connectivity index (χ3n) is 1.83. The predicted molar refractivity (Wildman–Crippen MR) is 60.6 cm³/mol. The molecule has 1 rings (SSSR count). The number of hydrogen-bond acceptors (Lipinski definition) is 3. The summed E-state index contributed by atoms with van der Waals surface area (Å²) in [5.41, 5.74) is 4.95. The van der Waals surface area contributed by atoms with Gasteiger partial charge in [-0.2, -0.15) is 5.48 Å². The maximum atomic E-state index is 5.48. The van der Waals surface area contributed by atoms with Crippen LogP contribution in [0.2, 0.25) is 0 Å². The molecule has 82 valence electrons. The quantitative estimate of drug-likeness (QED) is 0.573. The molecule has 0 unspecified atom stereocenters. The summed E-state index contributed by atoms with van der Waals surface area (Å²) in [6.45, 7) is 6.97. The van der Waals surface area contributed by atoms with Crippen molar-refractivity contribution in [1.29, 1.82) is 0 Å². The van der Waals surface area contributed by atoms with Crippen LogP contribution in [0.3, 0.4) is 0 Å². The number of hydroxylamine groups is 1. The zero-order chi connectivity index (χ0) is 11.1. The highest BCUT2D eigenvalue weighted by Crippen LogP contribution is 2.12. The molecule has 3 heteroatoms. The molecule has 0 aliphatic heterocycles. The second-order valence-corrected chi connectivity index (χ2v) is 3.41. The second-order valence-electron chi connectivity index (χ2n) is 3.41. The van der Waals surface area contributed by atoms with Crippen LogP contribution >= 0.6 is 0 Å². The number of rotatable bonds is 6. The lowest BCUT2D eigenvalue weighted by Crippen LogP contribution is -2.10. The highest BCUT2D eigenvalue weighted by atomic mass is 16.6. The van der Waals surface area contributed by atoms with E-state index >= 15 is 0 Å². The van der Waals surface area contributed by atoms with E-state index in [1.54, 1.807) is 7.11 Å². The molecule has 0 saturated carbocycles. The van der Waals surface area contributed by atoms with Gasteiger partial charge in [0.15, 0.2) is 0 Å². The van der Waals surface area contributed by atoms with Gasteiger partial charge in [-0.15, -0.1) is 0 Å². The van der Waals surface area contributed by atoms with E-state index in [0.717, 1.165) is 16.9 Å². The van der Waals surface area contributed by atoms with Crippen molar-refractivity contribution in [3.63, 3.8) is 0 Å².